The van der Waals surface area contributed by atoms with E-state index in [0.717, 1.165) is 12.8 Å². The molecule has 2 aromatic rings. The van der Waals surface area contributed by atoms with Gasteiger partial charge in [0.15, 0.2) is 5.58 Å². The zero-order valence-electron chi connectivity index (χ0n) is 12.0. The molecule has 1 saturated carbocycles. The van der Waals surface area contributed by atoms with Crippen molar-refractivity contribution < 1.29 is 9.34 Å². The molecule has 0 spiro atoms. The van der Waals surface area contributed by atoms with Gasteiger partial charge < -0.3 is 9.73 Å². The van der Waals surface area contributed by atoms with Gasteiger partial charge in [-0.25, -0.2) is 0 Å². The maximum absolute atomic E-state index is 10.8. The molecule has 0 aliphatic heterocycles. The highest BCUT2D eigenvalue weighted by molar-refractivity contribution is 5.77. The molecule has 0 bridgehead atoms. The Morgan fingerprint density at radius 1 is 1.43 bits per heavy atom. The van der Waals surface area contributed by atoms with Crippen LogP contribution in [0, 0.1) is 16.0 Å². The molecule has 0 radical (unpaired) electrons. The molecule has 0 saturated heterocycles. The number of oxazole rings is 1. The molecule has 2 unspecified atom stereocenters. The fourth-order valence-corrected chi connectivity index (χ4v) is 3.13. The molecule has 6 heteroatoms. The fourth-order valence-electron chi connectivity index (χ4n) is 3.13. The van der Waals surface area contributed by atoms with Crippen LogP contribution in [-0.4, -0.2) is 15.9 Å². The van der Waals surface area contributed by atoms with Gasteiger partial charge in [-0.2, -0.15) is 4.98 Å². The van der Waals surface area contributed by atoms with Crippen LogP contribution in [0.15, 0.2) is 22.6 Å². The highest BCUT2D eigenvalue weighted by Crippen LogP contribution is 2.30. The van der Waals surface area contributed by atoms with Crippen LogP contribution >= 0.6 is 0 Å². The Labute approximate surface area is 122 Å². The van der Waals surface area contributed by atoms with E-state index in [1.807, 2.05) is 0 Å². The number of aromatic nitrogens is 1. The molecule has 21 heavy (non-hydrogen) atoms. The topological polar surface area (TPSA) is 81.2 Å². The van der Waals surface area contributed by atoms with Crippen molar-refractivity contribution in [1.29, 1.82) is 0 Å². The smallest absolute Gasteiger partial charge is 0.295 e. The number of nitro groups is 1. The summed E-state index contributed by atoms with van der Waals surface area (Å²) in [5.74, 6) is 0.642. The average molecular weight is 289 g/mol. The molecule has 6 nitrogen and oxygen atoms in total. The lowest BCUT2D eigenvalue weighted by Crippen LogP contribution is -2.31. The van der Waals surface area contributed by atoms with Crippen molar-refractivity contribution in [2.45, 2.75) is 45.1 Å². The summed E-state index contributed by atoms with van der Waals surface area (Å²) in [5.41, 5.74) is 1.12. The first-order valence-electron chi connectivity index (χ1n) is 7.49. The summed E-state index contributed by atoms with van der Waals surface area (Å²) in [5, 5.41) is 14.2. The predicted octanol–water partition coefficient (Wildman–Crippen LogP) is 4.12. The Kier molecular flexibility index (Phi) is 3.77. The van der Waals surface area contributed by atoms with Crippen molar-refractivity contribution >= 4 is 22.8 Å². The standard InChI is InChI=1S/C15H19N3O3/c1-2-10-5-3-4-6-12(10)16-15-17-13-8-7-11(18(19)20)9-14(13)21-15/h7-10,12H,2-6H2,1H3,(H,16,17). The number of benzene rings is 1. The molecule has 112 valence electrons. The number of nitrogens with zero attached hydrogens (tertiary/aromatic N) is 2. The molecule has 1 aliphatic rings. The van der Waals surface area contributed by atoms with Gasteiger partial charge in [0, 0.05) is 12.1 Å². The molecule has 2 atom stereocenters. The van der Waals surface area contributed by atoms with Crippen LogP contribution in [-0.2, 0) is 0 Å². The number of anilines is 1. The quantitative estimate of drug-likeness (QED) is 0.676. The Bertz CT molecular complexity index is 653. The van der Waals surface area contributed by atoms with Crippen LogP contribution in [0.3, 0.4) is 0 Å². The first-order chi connectivity index (χ1) is 10.2. The number of hydrogen-bond donors (Lipinski definition) is 1. The Balaban J connectivity index is 1.82. The number of non-ortho nitro benzene ring substituents is 1. The third-order valence-corrected chi connectivity index (χ3v) is 4.33. The zero-order chi connectivity index (χ0) is 14.8. The van der Waals surface area contributed by atoms with Crippen LogP contribution < -0.4 is 5.32 Å². The summed E-state index contributed by atoms with van der Waals surface area (Å²) >= 11 is 0. The van der Waals surface area contributed by atoms with Crippen LogP contribution in [0.25, 0.3) is 11.1 Å². The lowest BCUT2D eigenvalue weighted by Gasteiger charge is -2.30. The molecule has 1 N–H and O–H groups in total. The third-order valence-electron chi connectivity index (χ3n) is 4.33. The summed E-state index contributed by atoms with van der Waals surface area (Å²) in [4.78, 5) is 14.7. The van der Waals surface area contributed by atoms with Gasteiger partial charge in [-0.05, 0) is 24.8 Å². The van der Waals surface area contributed by atoms with Crippen molar-refractivity contribution in [2.24, 2.45) is 5.92 Å². The molecule has 1 aliphatic carbocycles. The monoisotopic (exact) mass is 289 g/mol. The molecule has 1 fully saturated rings. The average Bonchev–Trinajstić information content (AvgIpc) is 2.89. The first kappa shape index (κ1) is 13.9. The maximum atomic E-state index is 10.8. The second kappa shape index (κ2) is 5.71. The lowest BCUT2D eigenvalue weighted by molar-refractivity contribution is -0.384. The van der Waals surface area contributed by atoms with Gasteiger partial charge in [-0.15, -0.1) is 0 Å². The van der Waals surface area contributed by atoms with Crippen LogP contribution in [0.4, 0.5) is 11.7 Å². The number of nitro benzene ring substituents is 1. The Hall–Kier alpha value is -2.11. The van der Waals surface area contributed by atoms with Crippen molar-refractivity contribution in [3.8, 4) is 0 Å². The van der Waals surface area contributed by atoms with Crippen molar-refractivity contribution in [1.82, 2.24) is 4.98 Å². The normalized spacial score (nSPS) is 22.3. The fraction of sp³-hybridized carbons (Fsp3) is 0.533. The summed E-state index contributed by atoms with van der Waals surface area (Å²) in [6.45, 7) is 2.21. The van der Waals surface area contributed by atoms with Gasteiger partial charge in [-0.3, -0.25) is 10.1 Å². The van der Waals surface area contributed by atoms with E-state index >= 15 is 0 Å². The SMILES string of the molecule is CCC1CCCCC1Nc1nc2ccc([N+](=O)[O-])cc2o1. The lowest BCUT2D eigenvalue weighted by atomic mass is 9.83. The predicted molar refractivity (Wildman–Crippen MR) is 80.3 cm³/mol. The van der Waals surface area contributed by atoms with Gasteiger partial charge in [0.25, 0.3) is 11.7 Å². The third kappa shape index (κ3) is 2.84. The van der Waals surface area contributed by atoms with Gasteiger partial charge in [0.05, 0.1) is 11.0 Å². The molecule has 1 heterocycles. The molecular weight excluding hydrogens is 270 g/mol. The van der Waals surface area contributed by atoms with Crippen molar-refractivity contribution in [3.63, 3.8) is 0 Å². The van der Waals surface area contributed by atoms with Crippen molar-refractivity contribution in [3.05, 3.63) is 28.3 Å². The minimum Gasteiger partial charge on any atom is -0.423 e. The molecule has 1 aromatic carbocycles. The minimum atomic E-state index is -0.427. The largest absolute Gasteiger partial charge is 0.423 e. The number of rotatable bonds is 4. The van der Waals surface area contributed by atoms with E-state index in [0.29, 0.717) is 29.1 Å². The zero-order valence-corrected chi connectivity index (χ0v) is 12.0. The maximum Gasteiger partial charge on any atom is 0.295 e. The second-order valence-electron chi connectivity index (χ2n) is 5.63. The highest BCUT2D eigenvalue weighted by Gasteiger charge is 2.25. The molecule has 1 aromatic heterocycles. The number of fused-ring (bicyclic) bond motifs is 1. The number of nitrogens with one attached hydrogen (secondary N) is 1. The molecule has 0 amide bonds. The van der Waals surface area contributed by atoms with E-state index in [1.54, 1.807) is 6.07 Å². The van der Waals surface area contributed by atoms with Crippen molar-refractivity contribution in [2.75, 3.05) is 5.32 Å². The van der Waals surface area contributed by atoms with Crippen LogP contribution in [0.5, 0.6) is 0 Å². The Morgan fingerprint density at radius 3 is 3.00 bits per heavy atom. The second-order valence-corrected chi connectivity index (χ2v) is 5.63. The van der Waals surface area contributed by atoms with E-state index in [1.165, 1.54) is 31.4 Å². The Morgan fingerprint density at radius 2 is 2.24 bits per heavy atom. The summed E-state index contributed by atoms with van der Waals surface area (Å²) in [6.07, 6.45) is 6.01. The molecular formula is C15H19N3O3. The summed E-state index contributed by atoms with van der Waals surface area (Å²) in [6, 6.07) is 5.35. The van der Waals surface area contributed by atoms with Gasteiger partial charge in [-0.1, -0.05) is 26.2 Å². The van der Waals surface area contributed by atoms with E-state index in [-0.39, 0.29) is 5.69 Å². The van der Waals surface area contributed by atoms with Crippen LogP contribution in [0.2, 0.25) is 0 Å². The highest BCUT2D eigenvalue weighted by atomic mass is 16.6. The van der Waals surface area contributed by atoms with Gasteiger partial charge >= 0.3 is 0 Å². The number of hydrogen-bond acceptors (Lipinski definition) is 5. The summed E-state index contributed by atoms with van der Waals surface area (Å²) in [7, 11) is 0. The van der Waals surface area contributed by atoms with E-state index in [9.17, 15) is 10.1 Å². The first-order valence-corrected chi connectivity index (χ1v) is 7.49. The van der Waals surface area contributed by atoms with E-state index < -0.39 is 4.92 Å². The van der Waals surface area contributed by atoms with E-state index in [2.05, 4.69) is 17.2 Å². The minimum absolute atomic E-state index is 0.0225. The van der Waals surface area contributed by atoms with Crippen LogP contribution in [0.1, 0.15) is 39.0 Å². The van der Waals surface area contributed by atoms with Gasteiger partial charge in [0.1, 0.15) is 5.52 Å². The molecule has 3 rings (SSSR count). The van der Waals surface area contributed by atoms with Gasteiger partial charge in [0.2, 0.25) is 0 Å². The van der Waals surface area contributed by atoms with E-state index in [4.69, 9.17) is 4.42 Å². The summed E-state index contributed by atoms with van der Waals surface area (Å²) < 4.78 is 5.63.